The average molecular weight is 473 g/mol. The fourth-order valence-electron chi connectivity index (χ4n) is 4.18. The van der Waals surface area contributed by atoms with Gasteiger partial charge in [0.1, 0.15) is 11.9 Å². The van der Waals surface area contributed by atoms with Gasteiger partial charge in [-0.3, -0.25) is 4.79 Å². The molecule has 1 aromatic rings. The summed E-state index contributed by atoms with van der Waals surface area (Å²) in [6, 6.07) is 10.0. The van der Waals surface area contributed by atoms with Gasteiger partial charge in [0.05, 0.1) is 24.9 Å². The van der Waals surface area contributed by atoms with Gasteiger partial charge >= 0.3 is 0 Å². The van der Waals surface area contributed by atoms with E-state index in [9.17, 15) is 4.79 Å². The Morgan fingerprint density at radius 1 is 1.27 bits per heavy atom. The molecular formula is C27H40O5Si. The fraction of sp³-hybridized carbons (Fsp3) is 0.593. The second-order valence-corrected chi connectivity index (χ2v) is 15.9. The number of hydrogen-bond acceptors (Lipinski definition) is 5. The van der Waals surface area contributed by atoms with E-state index in [1.165, 1.54) is 0 Å². The summed E-state index contributed by atoms with van der Waals surface area (Å²) in [6.07, 6.45) is 3.12. The van der Waals surface area contributed by atoms with Gasteiger partial charge in [0.15, 0.2) is 14.6 Å². The van der Waals surface area contributed by atoms with E-state index in [1.54, 1.807) is 6.92 Å². The largest absolute Gasteiger partial charge is 0.411 e. The number of carbonyl (C=O) groups excluding carboxylic acids is 1. The predicted molar refractivity (Wildman–Crippen MR) is 134 cm³/mol. The van der Waals surface area contributed by atoms with Crippen molar-refractivity contribution in [2.75, 3.05) is 6.61 Å². The number of rotatable bonds is 7. The van der Waals surface area contributed by atoms with Crippen LogP contribution in [0, 0.1) is 0 Å². The molecule has 5 nitrogen and oxygen atoms in total. The van der Waals surface area contributed by atoms with Crippen LogP contribution in [0.1, 0.15) is 59.3 Å². The first kappa shape index (κ1) is 26.0. The zero-order chi connectivity index (χ0) is 24.4. The highest BCUT2D eigenvalue weighted by Gasteiger charge is 2.53. The summed E-state index contributed by atoms with van der Waals surface area (Å²) in [5, 5.41) is 0.0758. The summed E-state index contributed by atoms with van der Waals surface area (Å²) in [5.74, 6) is 0. The fourth-order valence-corrected chi connectivity index (χ4v) is 5.53. The molecule has 0 aliphatic carbocycles. The normalized spacial score (nSPS) is 31.1. The minimum atomic E-state index is -2.05. The highest BCUT2D eigenvalue weighted by atomic mass is 28.4. The lowest BCUT2D eigenvalue weighted by Gasteiger charge is -2.53. The lowest BCUT2D eigenvalue weighted by Crippen LogP contribution is -2.62. The van der Waals surface area contributed by atoms with Crippen LogP contribution in [0.25, 0.3) is 0 Å². The number of allylic oxidation sites excluding steroid dienone is 2. The molecule has 5 atom stereocenters. The Bertz CT molecular complexity index is 872. The molecule has 2 aliphatic rings. The Kier molecular flexibility index (Phi) is 7.86. The standard InChI is InChI=1S/C27H40O5Si/c1-19(14-20(2)17-28)15-22-23(32-33(7,8)26(3,4)5)16-24-27(6,31-22)18-29-25(30-24)21-12-10-9-11-13-21/h9-14,17,22-25H,1,15-16,18H2,2-8H3/b20-14+/t22-,23+,24-,25+,27+/m0/s1. The molecule has 0 saturated carbocycles. The smallest absolute Gasteiger partial charge is 0.192 e. The summed E-state index contributed by atoms with van der Waals surface area (Å²) in [5.41, 5.74) is 1.94. The van der Waals surface area contributed by atoms with Gasteiger partial charge in [0, 0.05) is 18.4 Å². The average Bonchev–Trinajstić information content (AvgIpc) is 2.73. The number of carbonyl (C=O) groups is 1. The zero-order valence-electron chi connectivity index (χ0n) is 21.2. The zero-order valence-corrected chi connectivity index (χ0v) is 22.2. The second kappa shape index (κ2) is 9.96. The minimum Gasteiger partial charge on any atom is -0.411 e. The van der Waals surface area contributed by atoms with Crippen LogP contribution in [-0.2, 0) is 23.4 Å². The topological polar surface area (TPSA) is 54.0 Å². The predicted octanol–water partition coefficient (Wildman–Crippen LogP) is 6.13. The van der Waals surface area contributed by atoms with E-state index in [2.05, 4.69) is 47.4 Å². The third kappa shape index (κ3) is 6.11. The summed E-state index contributed by atoms with van der Waals surface area (Å²) in [7, 11) is -2.05. The molecule has 6 heteroatoms. The van der Waals surface area contributed by atoms with Crippen LogP contribution in [0.3, 0.4) is 0 Å². The Labute approximate surface area is 200 Å². The van der Waals surface area contributed by atoms with Crippen molar-refractivity contribution in [3.63, 3.8) is 0 Å². The van der Waals surface area contributed by atoms with Gasteiger partial charge in [-0.15, -0.1) is 0 Å². The maximum Gasteiger partial charge on any atom is 0.192 e. The number of fused-ring (bicyclic) bond motifs is 1. The van der Waals surface area contributed by atoms with Crippen molar-refractivity contribution in [2.45, 2.75) is 95.8 Å². The quantitative estimate of drug-likeness (QED) is 0.207. The van der Waals surface area contributed by atoms with Crippen LogP contribution in [0.5, 0.6) is 0 Å². The van der Waals surface area contributed by atoms with Crippen LogP contribution in [-0.4, -0.2) is 45.1 Å². The number of hydrogen-bond donors (Lipinski definition) is 0. The van der Waals surface area contributed by atoms with Crippen molar-refractivity contribution in [3.05, 3.63) is 59.7 Å². The molecule has 0 aromatic heterocycles. The first-order valence-electron chi connectivity index (χ1n) is 11.8. The summed E-state index contributed by atoms with van der Waals surface area (Å²) in [6.45, 7) is 19.7. The minimum absolute atomic E-state index is 0.0758. The highest BCUT2D eigenvalue weighted by molar-refractivity contribution is 6.74. The first-order chi connectivity index (χ1) is 15.3. The lowest BCUT2D eigenvalue weighted by atomic mass is 9.86. The van der Waals surface area contributed by atoms with E-state index < -0.39 is 20.2 Å². The molecule has 0 unspecified atom stereocenters. The van der Waals surface area contributed by atoms with Gasteiger partial charge in [0.25, 0.3) is 0 Å². The van der Waals surface area contributed by atoms with Crippen molar-refractivity contribution >= 4 is 14.6 Å². The van der Waals surface area contributed by atoms with Crippen LogP contribution in [0.2, 0.25) is 18.1 Å². The molecule has 2 saturated heterocycles. The summed E-state index contributed by atoms with van der Waals surface area (Å²) >= 11 is 0. The molecule has 0 N–H and O–H groups in total. The number of benzene rings is 1. The van der Waals surface area contributed by atoms with Gasteiger partial charge in [0.2, 0.25) is 0 Å². The van der Waals surface area contributed by atoms with Crippen LogP contribution < -0.4 is 0 Å². The SMILES string of the molecule is C=C(/C=C(\C)C=O)C[C@@H]1O[C@]2(C)CO[C@@H](c3ccccc3)O[C@H]2C[C@H]1O[Si](C)(C)C(C)(C)C. The Morgan fingerprint density at radius 2 is 1.94 bits per heavy atom. The monoisotopic (exact) mass is 472 g/mol. The molecule has 2 heterocycles. The van der Waals surface area contributed by atoms with Crippen molar-refractivity contribution < 1.29 is 23.4 Å². The van der Waals surface area contributed by atoms with Crippen LogP contribution in [0.15, 0.2) is 54.1 Å². The summed E-state index contributed by atoms with van der Waals surface area (Å²) < 4.78 is 26.1. The van der Waals surface area contributed by atoms with E-state index in [0.29, 0.717) is 18.6 Å². The van der Waals surface area contributed by atoms with Gasteiger partial charge < -0.3 is 18.6 Å². The van der Waals surface area contributed by atoms with E-state index in [0.717, 1.165) is 23.8 Å². The maximum atomic E-state index is 11.1. The van der Waals surface area contributed by atoms with Crippen LogP contribution >= 0.6 is 0 Å². The second-order valence-electron chi connectivity index (χ2n) is 11.2. The lowest BCUT2D eigenvalue weighted by molar-refractivity contribution is -0.336. The molecule has 0 amide bonds. The Morgan fingerprint density at radius 3 is 2.55 bits per heavy atom. The molecule has 1 aromatic carbocycles. The molecule has 33 heavy (non-hydrogen) atoms. The third-order valence-electron chi connectivity index (χ3n) is 7.18. The van der Waals surface area contributed by atoms with Gasteiger partial charge in [-0.2, -0.15) is 0 Å². The molecular weight excluding hydrogens is 432 g/mol. The molecule has 2 aliphatic heterocycles. The van der Waals surface area contributed by atoms with Gasteiger partial charge in [-0.25, -0.2) is 0 Å². The van der Waals surface area contributed by atoms with E-state index in [1.807, 2.05) is 36.4 Å². The molecule has 182 valence electrons. The Hall–Kier alpha value is -1.57. The Balaban J connectivity index is 1.84. The first-order valence-corrected chi connectivity index (χ1v) is 14.7. The number of aldehydes is 1. The molecule has 0 bridgehead atoms. The molecule has 3 rings (SSSR count). The maximum absolute atomic E-state index is 11.1. The third-order valence-corrected chi connectivity index (χ3v) is 11.7. The molecule has 0 radical (unpaired) electrons. The van der Waals surface area contributed by atoms with Crippen molar-refractivity contribution in [1.82, 2.24) is 0 Å². The van der Waals surface area contributed by atoms with Crippen LogP contribution in [0.4, 0.5) is 0 Å². The van der Waals surface area contributed by atoms with E-state index in [4.69, 9.17) is 18.6 Å². The van der Waals surface area contributed by atoms with Crippen molar-refractivity contribution in [3.8, 4) is 0 Å². The number of ether oxygens (including phenoxy) is 3. The summed E-state index contributed by atoms with van der Waals surface area (Å²) in [4.78, 5) is 11.1. The van der Waals surface area contributed by atoms with Gasteiger partial charge in [-0.05, 0) is 37.6 Å². The molecule has 2 fully saturated rings. The van der Waals surface area contributed by atoms with E-state index in [-0.39, 0.29) is 23.4 Å². The van der Waals surface area contributed by atoms with Crippen molar-refractivity contribution in [1.29, 1.82) is 0 Å². The molecule has 0 spiro atoms. The van der Waals surface area contributed by atoms with E-state index >= 15 is 0 Å². The van der Waals surface area contributed by atoms with Gasteiger partial charge in [-0.1, -0.05) is 69.3 Å². The highest BCUT2D eigenvalue weighted by Crippen LogP contribution is 2.45. The van der Waals surface area contributed by atoms with Crippen molar-refractivity contribution in [2.24, 2.45) is 0 Å².